The van der Waals surface area contributed by atoms with Gasteiger partial charge in [-0.25, -0.2) is 0 Å². The van der Waals surface area contributed by atoms with E-state index in [9.17, 15) is 4.79 Å². The molecule has 1 N–H and O–H groups in total. The maximum atomic E-state index is 11.4. The van der Waals surface area contributed by atoms with Crippen molar-refractivity contribution in [2.24, 2.45) is 0 Å². The first kappa shape index (κ1) is 11.9. The zero-order chi connectivity index (χ0) is 11.7. The summed E-state index contributed by atoms with van der Waals surface area (Å²) in [5.41, 5.74) is 0.633. The summed E-state index contributed by atoms with van der Waals surface area (Å²) in [6.45, 7) is 0. The van der Waals surface area contributed by atoms with Crippen molar-refractivity contribution in [2.45, 2.75) is 0 Å². The quantitative estimate of drug-likeness (QED) is 0.634. The van der Waals surface area contributed by atoms with E-state index in [1.165, 1.54) is 11.8 Å². The molecule has 0 saturated carbocycles. The van der Waals surface area contributed by atoms with Crippen molar-refractivity contribution < 1.29 is 4.79 Å². The van der Waals surface area contributed by atoms with E-state index >= 15 is 0 Å². The standard InChI is InChI=1S/C10H5Cl2NOS2/c11-6-2-1-3-7(12)5(6)4-8-9(14)13-10(15)16-8/h1-4H,(H,13,14,15)/b8-4-. The molecule has 82 valence electrons. The number of carbonyl (C=O) groups excluding carboxylic acids is 1. The van der Waals surface area contributed by atoms with Gasteiger partial charge in [0.15, 0.2) is 0 Å². The third kappa shape index (κ3) is 2.40. The molecule has 1 aliphatic rings. The highest BCUT2D eigenvalue weighted by Crippen LogP contribution is 2.31. The van der Waals surface area contributed by atoms with Gasteiger partial charge in [-0.1, -0.05) is 53.2 Å². The molecule has 1 aromatic carbocycles. The van der Waals surface area contributed by atoms with E-state index < -0.39 is 0 Å². The Morgan fingerprint density at radius 3 is 2.44 bits per heavy atom. The third-order valence-corrected chi connectivity index (χ3v) is 3.74. The van der Waals surface area contributed by atoms with E-state index in [1.54, 1.807) is 24.3 Å². The number of hydrogen-bond acceptors (Lipinski definition) is 3. The summed E-state index contributed by atoms with van der Waals surface area (Å²) in [6.07, 6.45) is 1.64. The van der Waals surface area contributed by atoms with E-state index in [2.05, 4.69) is 5.32 Å². The number of carbonyl (C=O) groups is 1. The van der Waals surface area contributed by atoms with Crippen LogP contribution in [-0.2, 0) is 4.79 Å². The first-order valence-corrected chi connectivity index (χ1v) is 6.25. The molecule has 0 aromatic heterocycles. The minimum atomic E-state index is -0.217. The van der Waals surface area contributed by atoms with Gasteiger partial charge in [0.2, 0.25) is 0 Å². The molecule has 16 heavy (non-hydrogen) atoms. The second kappa shape index (κ2) is 4.75. The number of benzene rings is 1. The van der Waals surface area contributed by atoms with Gasteiger partial charge in [0.05, 0.1) is 4.91 Å². The molecule has 0 spiro atoms. The smallest absolute Gasteiger partial charge is 0.263 e. The van der Waals surface area contributed by atoms with Crippen molar-refractivity contribution >= 4 is 63.5 Å². The molecule has 0 atom stereocenters. The van der Waals surface area contributed by atoms with Gasteiger partial charge < -0.3 is 5.32 Å². The van der Waals surface area contributed by atoms with Gasteiger partial charge in [0.25, 0.3) is 5.91 Å². The topological polar surface area (TPSA) is 29.1 Å². The van der Waals surface area contributed by atoms with Crippen LogP contribution in [0.2, 0.25) is 10.0 Å². The van der Waals surface area contributed by atoms with Gasteiger partial charge >= 0.3 is 0 Å². The van der Waals surface area contributed by atoms with Gasteiger partial charge in [-0.2, -0.15) is 0 Å². The van der Waals surface area contributed by atoms with E-state index in [-0.39, 0.29) is 5.91 Å². The zero-order valence-electron chi connectivity index (χ0n) is 7.79. The minimum Gasteiger partial charge on any atom is -0.307 e. The number of rotatable bonds is 1. The minimum absolute atomic E-state index is 0.217. The molecule has 2 nitrogen and oxygen atoms in total. The van der Waals surface area contributed by atoms with Gasteiger partial charge in [-0.15, -0.1) is 0 Å². The van der Waals surface area contributed by atoms with Crippen LogP contribution in [-0.4, -0.2) is 10.2 Å². The monoisotopic (exact) mass is 289 g/mol. The summed E-state index contributed by atoms with van der Waals surface area (Å²) in [6, 6.07) is 5.19. The van der Waals surface area contributed by atoms with Crippen LogP contribution in [0, 0.1) is 0 Å². The lowest BCUT2D eigenvalue weighted by Gasteiger charge is -2.01. The highest BCUT2D eigenvalue weighted by Gasteiger charge is 2.22. The van der Waals surface area contributed by atoms with Crippen LogP contribution in [0.3, 0.4) is 0 Å². The van der Waals surface area contributed by atoms with Crippen LogP contribution in [0.25, 0.3) is 6.08 Å². The molecule has 1 amide bonds. The molecule has 2 rings (SSSR count). The number of halogens is 2. The number of thioether (sulfide) groups is 1. The molecule has 6 heteroatoms. The number of amides is 1. The van der Waals surface area contributed by atoms with Crippen molar-refractivity contribution in [3.8, 4) is 0 Å². The predicted molar refractivity (Wildman–Crippen MR) is 72.8 cm³/mol. The van der Waals surface area contributed by atoms with Gasteiger partial charge in [-0.05, 0) is 18.2 Å². The molecular formula is C10H5Cl2NOS2. The molecule has 1 saturated heterocycles. The largest absolute Gasteiger partial charge is 0.307 e. The SMILES string of the molecule is O=C1NC(=S)S/C1=C\c1c(Cl)cccc1Cl. The molecule has 0 bridgehead atoms. The van der Waals surface area contributed by atoms with E-state index in [4.69, 9.17) is 35.4 Å². The fraction of sp³-hybridized carbons (Fsp3) is 0. The molecule has 1 fully saturated rings. The Labute approximate surface area is 112 Å². The molecular weight excluding hydrogens is 285 g/mol. The first-order valence-electron chi connectivity index (χ1n) is 4.27. The Morgan fingerprint density at radius 2 is 1.94 bits per heavy atom. The fourth-order valence-corrected chi connectivity index (χ4v) is 2.73. The van der Waals surface area contributed by atoms with Crippen LogP contribution in [0.4, 0.5) is 0 Å². The lowest BCUT2D eigenvalue weighted by molar-refractivity contribution is -0.115. The number of hydrogen-bond donors (Lipinski definition) is 1. The summed E-state index contributed by atoms with van der Waals surface area (Å²) in [4.78, 5) is 11.9. The summed E-state index contributed by atoms with van der Waals surface area (Å²) >= 11 is 18.1. The summed E-state index contributed by atoms with van der Waals surface area (Å²) in [5.74, 6) is -0.217. The van der Waals surface area contributed by atoms with Crippen molar-refractivity contribution in [1.29, 1.82) is 0 Å². The summed E-state index contributed by atoms with van der Waals surface area (Å²) < 4.78 is 0.444. The number of thiocarbonyl (C=S) groups is 1. The normalized spacial score (nSPS) is 18.0. The Balaban J connectivity index is 2.44. The highest BCUT2D eigenvalue weighted by atomic mass is 35.5. The first-order chi connectivity index (χ1) is 7.58. The van der Waals surface area contributed by atoms with Crippen LogP contribution in [0.15, 0.2) is 23.1 Å². The number of nitrogens with one attached hydrogen (secondary N) is 1. The fourth-order valence-electron chi connectivity index (χ4n) is 1.20. The van der Waals surface area contributed by atoms with Crippen LogP contribution in [0.5, 0.6) is 0 Å². The lowest BCUT2D eigenvalue weighted by Crippen LogP contribution is -2.17. The Morgan fingerprint density at radius 1 is 1.31 bits per heavy atom. The molecule has 1 heterocycles. The Bertz CT molecular complexity index is 493. The summed E-state index contributed by atoms with van der Waals surface area (Å²) in [5, 5.41) is 3.54. The average Bonchev–Trinajstić information content (AvgIpc) is 2.51. The molecule has 0 radical (unpaired) electrons. The lowest BCUT2D eigenvalue weighted by atomic mass is 10.2. The average molecular weight is 290 g/mol. The Kier molecular flexibility index (Phi) is 3.54. The Hall–Kier alpha value is -0.550. The van der Waals surface area contributed by atoms with Crippen molar-refractivity contribution in [3.05, 3.63) is 38.7 Å². The third-order valence-electron chi connectivity index (χ3n) is 1.92. The second-order valence-electron chi connectivity index (χ2n) is 2.99. The molecule has 0 unspecified atom stereocenters. The van der Waals surface area contributed by atoms with Crippen LogP contribution < -0.4 is 5.32 Å². The van der Waals surface area contributed by atoms with Crippen LogP contribution >= 0.6 is 47.2 Å². The summed E-state index contributed by atoms with van der Waals surface area (Å²) in [7, 11) is 0. The van der Waals surface area contributed by atoms with E-state index in [1.807, 2.05) is 0 Å². The second-order valence-corrected chi connectivity index (χ2v) is 5.52. The molecule has 1 aliphatic heterocycles. The van der Waals surface area contributed by atoms with E-state index in [0.29, 0.717) is 24.8 Å². The van der Waals surface area contributed by atoms with Gasteiger partial charge in [-0.3, -0.25) is 4.79 Å². The van der Waals surface area contributed by atoms with Gasteiger partial charge in [0, 0.05) is 15.6 Å². The maximum absolute atomic E-state index is 11.4. The predicted octanol–water partition coefficient (Wildman–Crippen LogP) is 3.48. The van der Waals surface area contributed by atoms with Crippen molar-refractivity contribution in [1.82, 2.24) is 5.32 Å². The molecule has 0 aliphatic carbocycles. The van der Waals surface area contributed by atoms with Crippen LogP contribution in [0.1, 0.15) is 5.56 Å². The maximum Gasteiger partial charge on any atom is 0.263 e. The zero-order valence-corrected chi connectivity index (χ0v) is 10.9. The highest BCUT2D eigenvalue weighted by molar-refractivity contribution is 8.26. The van der Waals surface area contributed by atoms with Crippen molar-refractivity contribution in [3.63, 3.8) is 0 Å². The van der Waals surface area contributed by atoms with Crippen molar-refractivity contribution in [2.75, 3.05) is 0 Å². The molecule has 1 aromatic rings. The van der Waals surface area contributed by atoms with E-state index in [0.717, 1.165) is 0 Å². The van der Waals surface area contributed by atoms with Gasteiger partial charge in [0.1, 0.15) is 4.32 Å².